The molecule has 1 aromatic rings. The van der Waals surface area contributed by atoms with Gasteiger partial charge in [0.05, 0.1) is 12.5 Å². The van der Waals surface area contributed by atoms with Gasteiger partial charge in [-0.15, -0.1) is 0 Å². The highest BCUT2D eigenvalue weighted by Gasteiger charge is 2.69. The highest BCUT2D eigenvalue weighted by molar-refractivity contribution is 5.93. The van der Waals surface area contributed by atoms with E-state index in [2.05, 4.69) is 29.9 Å². The number of carbonyl (C=O) groups is 5. The lowest BCUT2D eigenvalue weighted by atomic mass is 9.98. The number of ether oxygens (including phenoxy) is 2. The number of rotatable bonds is 9. The molecular weight excluding hydrogens is 566 g/mol. The molecule has 242 valence electrons. The first-order valence-corrected chi connectivity index (χ1v) is 15.4. The largest absolute Gasteiger partial charge is 0.445 e. The van der Waals surface area contributed by atoms with Gasteiger partial charge >= 0.3 is 12.2 Å². The van der Waals surface area contributed by atoms with Gasteiger partial charge in [-0.3, -0.25) is 19.8 Å². The highest BCUT2D eigenvalue weighted by atomic mass is 16.6. The number of hydrogen-bond donors (Lipinski definition) is 3. The van der Waals surface area contributed by atoms with Crippen LogP contribution >= 0.6 is 0 Å². The van der Waals surface area contributed by atoms with Gasteiger partial charge in [-0.1, -0.05) is 58.0 Å². The summed E-state index contributed by atoms with van der Waals surface area (Å²) in [5.41, 5.74) is 2.50. The Hall–Kier alpha value is -3.83. The van der Waals surface area contributed by atoms with Crippen molar-refractivity contribution in [3.63, 3.8) is 0 Å². The molecule has 12 nitrogen and oxygen atoms in total. The summed E-state index contributed by atoms with van der Waals surface area (Å²) in [4.78, 5) is 67.8. The second-order valence-electron chi connectivity index (χ2n) is 14.1. The first-order valence-electron chi connectivity index (χ1n) is 15.4. The number of benzene rings is 1. The minimum Gasteiger partial charge on any atom is -0.445 e. The van der Waals surface area contributed by atoms with E-state index in [1.54, 1.807) is 20.8 Å². The molecule has 2 aliphatic heterocycles. The monoisotopic (exact) mass is 613 g/mol. The summed E-state index contributed by atoms with van der Waals surface area (Å²) in [5.74, 6) is -1.59. The molecule has 3 aliphatic rings. The standard InChI is InChI=1S/C32H47N5O7/c1-19(2)15-23(34-29(41)43-18-20-11-9-8-10-12-20)28(40)36-17-22-24(32(22,6)7)25(36)27(39)35-37(30(42)44-31(3,4)5)16-21-13-14-33-26(21)38/h8-12,19,21-25H,13-18H2,1-7H3,(H,33,38)(H,34,41)(H,35,39)/t21-,22-,23-,24-,25-/m0/s1. The van der Waals surface area contributed by atoms with Crippen LogP contribution in [0.2, 0.25) is 0 Å². The maximum absolute atomic E-state index is 14.0. The number of fused-ring (bicyclic) bond motifs is 1. The molecule has 1 aliphatic carbocycles. The van der Waals surface area contributed by atoms with Crippen LogP contribution in [0.25, 0.3) is 0 Å². The van der Waals surface area contributed by atoms with E-state index < -0.39 is 41.7 Å². The Bertz CT molecular complexity index is 1250. The zero-order valence-corrected chi connectivity index (χ0v) is 26.8. The smallest absolute Gasteiger partial charge is 0.429 e. The number of carbonyl (C=O) groups excluding carboxylic acids is 5. The lowest BCUT2D eigenvalue weighted by Crippen LogP contribution is -2.59. The van der Waals surface area contributed by atoms with Crippen LogP contribution in [0, 0.1) is 29.1 Å². The molecule has 0 bridgehead atoms. The third-order valence-corrected chi connectivity index (χ3v) is 8.70. The molecule has 4 rings (SSSR count). The van der Waals surface area contributed by atoms with E-state index in [4.69, 9.17) is 9.47 Å². The van der Waals surface area contributed by atoms with Crippen LogP contribution in [0.5, 0.6) is 0 Å². The van der Waals surface area contributed by atoms with Crippen molar-refractivity contribution in [3.05, 3.63) is 35.9 Å². The number of nitrogens with one attached hydrogen (secondary N) is 3. The van der Waals surface area contributed by atoms with E-state index >= 15 is 0 Å². The third-order valence-electron chi connectivity index (χ3n) is 8.70. The van der Waals surface area contributed by atoms with E-state index in [9.17, 15) is 24.0 Å². The minimum atomic E-state index is -0.904. The fourth-order valence-corrected chi connectivity index (χ4v) is 6.33. The molecule has 12 heteroatoms. The molecule has 1 saturated carbocycles. The summed E-state index contributed by atoms with van der Waals surface area (Å²) < 4.78 is 10.9. The van der Waals surface area contributed by atoms with Crippen LogP contribution in [0.3, 0.4) is 0 Å². The topological polar surface area (TPSA) is 146 Å². The third kappa shape index (κ3) is 7.81. The molecule has 0 unspecified atom stereocenters. The first kappa shape index (κ1) is 33.1. The number of alkyl carbamates (subject to hydrolysis) is 1. The molecule has 5 amide bonds. The van der Waals surface area contributed by atoms with Gasteiger partial charge in [-0.05, 0) is 62.3 Å². The second-order valence-corrected chi connectivity index (χ2v) is 14.1. The Morgan fingerprint density at radius 3 is 2.41 bits per heavy atom. The molecule has 2 heterocycles. The number of hydrazine groups is 1. The maximum atomic E-state index is 14.0. The fourth-order valence-electron chi connectivity index (χ4n) is 6.33. The van der Waals surface area contributed by atoms with Crippen LogP contribution in [0.4, 0.5) is 9.59 Å². The molecule has 3 N–H and O–H groups in total. The van der Waals surface area contributed by atoms with Gasteiger partial charge in [0.2, 0.25) is 11.8 Å². The molecule has 44 heavy (non-hydrogen) atoms. The molecule has 5 atom stereocenters. The zero-order chi connectivity index (χ0) is 32.4. The highest BCUT2D eigenvalue weighted by Crippen LogP contribution is 2.65. The Kier molecular flexibility index (Phi) is 9.80. The molecule has 1 aromatic carbocycles. The van der Waals surface area contributed by atoms with Crippen molar-refractivity contribution in [1.82, 2.24) is 26.0 Å². The molecule has 2 saturated heterocycles. The molecule has 3 fully saturated rings. The SMILES string of the molecule is CC(C)C[C@H](NC(=O)OCc1ccccc1)C(=O)N1C[C@H]2[C@@H]([C@H]1C(=O)NN(C[C@@H]1CCNC1=O)C(=O)OC(C)(C)C)C2(C)C. The van der Waals surface area contributed by atoms with Crippen LogP contribution in [0.15, 0.2) is 30.3 Å². The Balaban J connectivity index is 1.51. The van der Waals surface area contributed by atoms with Crippen LogP contribution in [-0.4, -0.2) is 77.1 Å². The van der Waals surface area contributed by atoms with E-state index in [0.29, 0.717) is 25.9 Å². The van der Waals surface area contributed by atoms with Crippen molar-refractivity contribution >= 4 is 29.9 Å². The average molecular weight is 614 g/mol. The fraction of sp³-hybridized carbons (Fsp3) is 0.656. The minimum absolute atomic E-state index is 0.0574. The summed E-state index contributed by atoms with van der Waals surface area (Å²) in [6.45, 7) is 14.0. The van der Waals surface area contributed by atoms with Crippen molar-refractivity contribution in [2.75, 3.05) is 19.6 Å². The zero-order valence-electron chi connectivity index (χ0n) is 26.8. The van der Waals surface area contributed by atoms with Gasteiger partial charge in [-0.2, -0.15) is 0 Å². The van der Waals surface area contributed by atoms with Crippen LogP contribution in [0.1, 0.15) is 66.9 Å². The second kappa shape index (κ2) is 13.0. The average Bonchev–Trinajstić information content (AvgIpc) is 3.27. The number of nitrogens with zero attached hydrogens (tertiary/aromatic N) is 2. The summed E-state index contributed by atoms with van der Waals surface area (Å²) in [5, 5.41) is 6.54. The summed E-state index contributed by atoms with van der Waals surface area (Å²) in [7, 11) is 0. The van der Waals surface area contributed by atoms with E-state index in [1.807, 2.05) is 44.2 Å². The molecule has 0 spiro atoms. The summed E-state index contributed by atoms with van der Waals surface area (Å²) >= 11 is 0. The maximum Gasteiger partial charge on any atom is 0.429 e. The number of likely N-dealkylation sites (tertiary alicyclic amines) is 1. The predicted octanol–water partition coefficient (Wildman–Crippen LogP) is 3.21. The van der Waals surface area contributed by atoms with Crippen molar-refractivity contribution < 1.29 is 33.4 Å². The van der Waals surface area contributed by atoms with Crippen molar-refractivity contribution in [2.45, 2.75) is 85.6 Å². The van der Waals surface area contributed by atoms with Crippen molar-refractivity contribution in [1.29, 1.82) is 0 Å². The molecule has 0 aromatic heterocycles. The van der Waals surface area contributed by atoms with Gasteiger partial charge in [0, 0.05) is 13.1 Å². The quantitative estimate of drug-likeness (QED) is 0.363. The van der Waals surface area contributed by atoms with Gasteiger partial charge in [0.1, 0.15) is 24.3 Å². The van der Waals surface area contributed by atoms with Crippen LogP contribution in [-0.2, 0) is 30.5 Å². The normalized spacial score (nSPS) is 24.2. The number of hydrogen-bond acceptors (Lipinski definition) is 7. The summed E-state index contributed by atoms with van der Waals surface area (Å²) in [6, 6.07) is 7.46. The van der Waals surface area contributed by atoms with Crippen LogP contribution < -0.4 is 16.1 Å². The van der Waals surface area contributed by atoms with E-state index in [1.165, 1.54) is 4.90 Å². The first-order chi connectivity index (χ1) is 20.6. The Morgan fingerprint density at radius 2 is 1.82 bits per heavy atom. The van der Waals surface area contributed by atoms with Crippen molar-refractivity contribution in [2.24, 2.45) is 29.1 Å². The predicted molar refractivity (Wildman–Crippen MR) is 161 cm³/mol. The number of amides is 5. The molecular formula is C32H47N5O7. The lowest BCUT2D eigenvalue weighted by molar-refractivity contribution is -0.144. The van der Waals surface area contributed by atoms with E-state index in [0.717, 1.165) is 10.6 Å². The van der Waals surface area contributed by atoms with Gasteiger partial charge in [0.15, 0.2) is 0 Å². The van der Waals surface area contributed by atoms with Gasteiger partial charge in [-0.25, -0.2) is 14.6 Å². The Morgan fingerprint density at radius 1 is 1.14 bits per heavy atom. The van der Waals surface area contributed by atoms with Crippen molar-refractivity contribution in [3.8, 4) is 0 Å². The van der Waals surface area contributed by atoms with E-state index in [-0.39, 0.29) is 48.1 Å². The number of piperidine rings is 1. The molecule has 0 radical (unpaired) electrons. The van der Waals surface area contributed by atoms with Gasteiger partial charge < -0.3 is 25.0 Å². The lowest BCUT2D eigenvalue weighted by Gasteiger charge is -2.35. The van der Waals surface area contributed by atoms with Gasteiger partial charge in [0.25, 0.3) is 5.91 Å². The summed E-state index contributed by atoms with van der Waals surface area (Å²) in [6.07, 6.45) is -0.634. The Labute approximate surface area is 259 Å².